The van der Waals surface area contributed by atoms with Gasteiger partial charge in [-0.3, -0.25) is 14.8 Å². The second-order valence-electron chi connectivity index (χ2n) is 6.19. The number of carbonyl (C=O) groups is 1. The monoisotopic (exact) mass is 394 g/mol. The van der Waals surface area contributed by atoms with Crippen LogP contribution < -0.4 is 5.32 Å². The number of rotatable bonds is 5. The van der Waals surface area contributed by atoms with Crippen LogP contribution in [0.15, 0.2) is 41.9 Å². The van der Waals surface area contributed by atoms with Crippen LogP contribution in [0.25, 0.3) is 16.8 Å². The number of nitrogens with one attached hydrogen (secondary N) is 1. The molecule has 0 fully saturated rings. The van der Waals surface area contributed by atoms with E-state index in [0.29, 0.717) is 10.8 Å². The third-order valence-electron chi connectivity index (χ3n) is 4.25. The summed E-state index contributed by atoms with van der Waals surface area (Å²) in [5.41, 5.74) is 4.75. The standard InChI is InChI=1S/C18H18N8OS/c1-11-16(12(2)25(3)23-11)13-5-6-14-21-17(24-26(14)9-13)22-15(27)10-28-18-19-7-4-8-20-18/h4-9H,10H2,1-3H3,(H,22,24,27). The Morgan fingerprint density at radius 3 is 2.68 bits per heavy atom. The summed E-state index contributed by atoms with van der Waals surface area (Å²) in [4.78, 5) is 24.7. The molecule has 1 N–H and O–H groups in total. The minimum absolute atomic E-state index is 0.179. The number of pyridine rings is 1. The van der Waals surface area contributed by atoms with Gasteiger partial charge in [0.2, 0.25) is 11.9 Å². The van der Waals surface area contributed by atoms with Gasteiger partial charge in [0, 0.05) is 42.5 Å². The molecule has 4 rings (SSSR count). The van der Waals surface area contributed by atoms with Crippen molar-refractivity contribution in [2.75, 3.05) is 11.1 Å². The Morgan fingerprint density at radius 1 is 1.18 bits per heavy atom. The average molecular weight is 394 g/mol. The number of thioether (sulfide) groups is 1. The lowest BCUT2D eigenvalue weighted by Crippen LogP contribution is -2.15. The first-order chi connectivity index (χ1) is 13.5. The minimum atomic E-state index is -0.215. The van der Waals surface area contributed by atoms with Gasteiger partial charge in [0.25, 0.3) is 0 Å². The zero-order valence-electron chi connectivity index (χ0n) is 15.6. The minimum Gasteiger partial charge on any atom is -0.292 e. The lowest BCUT2D eigenvalue weighted by molar-refractivity contribution is -0.113. The summed E-state index contributed by atoms with van der Waals surface area (Å²) in [5, 5.41) is 12.1. The molecule has 28 heavy (non-hydrogen) atoms. The van der Waals surface area contributed by atoms with E-state index in [2.05, 4.69) is 30.5 Å². The van der Waals surface area contributed by atoms with Crippen LogP contribution >= 0.6 is 11.8 Å². The molecular weight excluding hydrogens is 376 g/mol. The predicted molar refractivity (Wildman–Crippen MR) is 106 cm³/mol. The van der Waals surface area contributed by atoms with Crippen molar-refractivity contribution in [1.82, 2.24) is 34.3 Å². The highest BCUT2D eigenvalue weighted by atomic mass is 32.2. The largest absolute Gasteiger partial charge is 0.292 e. The third-order valence-corrected chi connectivity index (χ3v) is 5.13. The fraction of sp³-hybridized carbons (Fsp3) is 0.222. The Bertz CT molecular complexity index is 1150. The molecule has 0 unspecified atom stereocenters. The first-order valence-corrected chi connectivity index (χ1v) is 9.56. The highest BCUT2D eigenvalue weighted by Gasteiger charge is 2.14. The Kier molecular flexibility index (Phi) is 4.78. The number of aryl methyl sites for hydroxylation is 2. The Hall–Kier alpha value is -3.27. The molecule has 1 amide bonds. The van der Waals surface area contributed by atoms with E-state index < -0.39 is 0 Å². The van der Waals surface area contributed by atoms with Crippen molar-refractivity contribution in [1.29, 1.82) is 0 Å². The summed E-state index contributed by atoms with van der Waals surface area (Å²) in [6.07, 6.45) is 5.17. The second-order valence-corrected chi connectivity index (χ2v) is 7.14. The normalized spacial score (nSPS) is 11.1. The molecule has 0 aliphatic heterocycles. The molecule has 4 aromatic rings. The number of anilines is 1. The summed E-state index contributed by atoms with van der Waals surface area (Å²) in [6, 6.07) is 5.58. The second kappa shape index (κ2) is 7.39. The molecule has 0 atom stereocenters. The molecule has 0 radical (unpaired) electrons. The highest BCUT2D eigenvalue weighted by molar-refractivity contribution is 7.99. The maximum Gasteiger partial charge on any atom is 0.249 e. The average Bonchev–Trinajstić information content (AvgIpc) is 3.19. The van der Waals surface area contributed by atoms with Crippen molar-refractivity contribution in [2.24, 2.45) is 7.05 Å². The molecule has 0 aliphatic carbocycles. The van der Waals surface area contributed by atoms with Gasteiger partial charge in [-0.05, 0) is 32.0 Å². The Balaban J connectivity index is 1.51. The number of aromatic nitrogens is 7. The summed E-state index contributed by atoms with van der Waals surface area (Å²) < 4.78 is 3.51. The van der Waals surface area contributed by atoms with Crippen molar-refractivity contribution in [2.45, 2.75) is 19.0 Å². The van der Waals surface area contributed by atoms with E-state index in [0.717, 1.165) is 22.5 Å². The number of amides is 1. The van der Waals surface area contributed by atoms with Gasteiger partial charge in [-0.25, -0.2) is 14.5 Å². The highest BCUT2D eigenvalue weighted by Crippen LogP contribution is 2.26. The molecule has 0 bridgehead atoms. The number of fused-ring (bicyclic) bond motifs is 1. The van der Waals surface area contributed by atoms with Gasteiger partial charge < -0.3 is 0 Å². The number of hydrogen-bond donors (Lipinski definition) is 1. The molecule has 4 heterocycles. The maximum absolute atomic E-state index is 12.2. The van der Waals surface area contributed by atoms with E-state index in [-0.39, 0.29) is 17.6 Å². The van der Waals surface area contributed by atoms with Crippen molar-refractivity contribution in [3.8, 4) is 11.1 Å². The first-order valence-electron chi connectivity index (χ1n) is 8.58. The van der Waals surface area contributed by atoms with Gasteiger partial charge in [-0.15, -0.1) is 5.10 Å². The van der Waals surface area contributed by atoms with Crippen molar-refractivity contribution >= 4 is 29.3 Å². The summed E-state index contributed by atoms with van der Waals surface area (Å²) in [7, 11) is 1.92. The van der Waals surface area contributed by atoms with E-state index in [1.165, 1.54) is 11.8 Å². The van der Waals surface area contributed by atoms with Crippen LogP contribution in [0.3, 0.4) is 0 Å². The number of carbonyl (C=O) groups excluding carboxylic acids is 1. The zero-order chi connectivity index (χ0) is 19.7. The quantitative estimate of drug-likeness (QED) is 0.409. The molecule has 4 aromatic heterocycles. The third kappa shape index (κ3) is 3.58. The van der Waals surface area contributed by atoms with Crippen LogP contribution in [0.1, 0.15) is 11.4 Å². The van der Waals surface area contributed by atoms with Crippen LogP contribution in [0.4, 0.5) is 5.95 Å². The number of nitrogens with zero attached hydrogens (tertiary/aromatic N) is 7. The van der Waals surface area contributed by atoms with Crippen LogP contribution in [-0.4, -0.2) is 46.0 Å². The van der Waals surface area contributed by atoms with E-state index in [9.17, 15) is 4.79 Å². The molecule has 0 aliphatic rings. The van der Waals surface area contributed by atoms with Crippen molar-refractivity contribution < 1.29 is 4.79 Å². The van der Waals surface area contributed by atoms with Gasteiger partial charge in [0.15, 0.2) is 10.8 Å². The molecule has 10 heteroatoms. The molecular formula is C18H18N8OS. The molecule has 0 saturated carbocycles. The van der Waals surface area contributed by atoms with Crippen molar-refractivity contribution in [3.63, 3.8) is 0 Å². The van der Waals surface area contributed by atoms with Gasteiger partial charge in [-0.2, -0.15) is 10.1 Å². The van der Waals surface area contributed by atoms with Gasteiger partial charge >= 0.3 is 0 Å². The summed E-state index contributed by atoms with van der Waals surface area (Å²) in [6.45, 7) is 4.01. The molecule has 0 aromatic carbocycles. The van der Waals surface area contributed by atoms with Crippen LogP contribution in [0, 0.1) is 13.8 Å². The topological polar surface area (TPSA) is 103 Å². The molecule has 0 saturated heterocycles. The number of hydrogen-bond acceptors (Lipinski definition) is 7. The van der Waals surface area contributed by atoms with E-state index in [1.807, 2.05) is 43.9 Å². The van der Waals surface area contributed by atoms with Crippen LogP contribution in [-0.2, 0) is 11.8 Å². The van der Waals surface area contributed by atoms with Gasteiger partial charge in [0.1, 0.15) is 0 Å². The van der Waals surface area contributed by atoms with E-state index in [4.69, 9.17) is 0 Å². The summed E-state index contributed by atoms with van der Waals surface area (Å²) in [5.74, 6) is 0.225. The van der Waals surface area contributed by atoms with E-state index >= 15 is 0 Å². The summed E-state index contributed by atoms with van der Waals surface area (Å²) >= 11 is 1.25. The predicted octanol–water partition coefficient (Wildman–Crippen LogP) is 2.27. The molecule has 9 nitrogen and oxygen atoms in total. The van der Waals surface area contributed by atoms with Gasteiger partial charge in [-0.1, -0.05) is 11.8 Å². The SMILES string of the molecule is Cc1nn(C)c(C)c1-c1ccc2nc(NC(=O)CSc3ncccn3)nn2c1. The lowest BCUT2D eigenvalue weighted by Gasteiger charge is -2.02. The zero-order valence-corrected chi connectivity index (χ0v) is 16.4. The lowest BCUT2D eigenvalue weighted by atomic mass is 10.1. The van der Waals surface area contributed by atoms with Crippen LogP contribution in [0.2, 0.25) is 0 Å². The fourth-order valence-electron chi connectivity index (χ4n) is 2.93. The molecule has 142 valence electrons. The maximum atomic E-state index is 12.2. The smallest absolute Gasteiger partial charge is 0.249 e. The van der Waals surface area contributed by atoms with E-state index in [1.54, 1.807) is 23.0 Å². The van der Waals surface area contributed by atoms with Crippen molar-refractivity contribution in [3.05, 3.63) is 48.2 Å². The Labute approximate surface area is 165 Å². The fourth-order valence-corrected chi connectivity index (χ4v) is 3.53. The molecule has 0 spiro atoms. The van der Waals surface area contributed by atoms with Gasteiger partial charge in [0.05, 0.1) is 11.4 Å². The Morgan fingerprint density at radius 2 is 1.96 bits per heavy atom. The van der Waals surface area contributed by atoms with Crippen LogP contribution in [0.5, 0.6) is 0 Å². The first kappa shape index (κ1) is 18.1.